The number of hydrogen-bond donors (Lipinski definition) is 1. The van der Waals surface area contributed by atoms with Crippen molar-refractivity contribution in [3.63, 3.8) is 0 Å². The number of aryl methyl sites for hydroxylation is 1. The molecule has 0 heterocycles. The minimum Gasteiger partial charge on any atom is -0.398 e. The molecular formula is C17H21N. The molecule has 0 atom stereocenters. The van der Waals surface area contributed by atoms with Crippen LogP contribution in [-0.2, 0) is 6.42 Å². The average molecular weight is 239 g/mol. The fourth-order valence-electron chi connectivity index (χ4n) is 2.21. The van der Waals surface area contributed by atoms with Crippen LogP contribution in [0.25, 0.3) is 11.1 Å². The highest BCUT2D eigenvalue weighted by Gasteiger charge is 2.04. The highest BCUT2D eigenvalue weighted by Crippen LogP contribution is 2.27. The summed E-state index contributed by atoms with van der Waals surface area (Å²) < 4.78 is 0. The summed E-state index contributed by atoms with van der Waals surface area (Å²) in [5, 5.41) is 0. The van der Waals surface area contributed by atoms with Gasteiger partial charge in [0.25, 0.3) is 0 Å². The zero-order valence-electron chi connectivity index (χ0n) is 11.4. The number of hydrogen-bond acceptors (Lipinski definition) is 1. The lowest BCUT2D eigenvalue weighted by molar-refractivity contribution is 0.647. The Kier molecular flexibility index (Phi) is 3.71. The van der Waals surface area contributed by atoms with Crippen LogP contribution >= 0.6 is 0 Å². The first-order valence-electron chi connectivity index (χ1n) is 6.51. The third-order valence-electron chi connectivity index (χ3n) is 3.12. The fourth-order valence-corrected chi connectivity index (χ4v) is 2.21. The molecule has 1 nitrogen and oxygen atoms in total. The van der Waals surface area contributed by atoms with Crippen molar-refractivity contribution in [1.82, 2.24) is 0 Å². The van der Waals surface area contributed by atoms with Crippen LogP contribution in [0, 0.1) is 12.8 Å². The van der Waals surface area contributed by atoms with Crippen molar-refractivity contribution in [2.45, 2.75) is 27.2 Å². The molecular weight excluding hydrogens is 218 g/mol. The van der Waals surface area contributed by atoms with E-state index in [1.807, 2.05) is 12.1 Å². The van der Waals surface area contributed by atoms with Gasteiger partial charge in [-0.1, -0.05) is 49.7 Å². The van der Waals surface area contributed by atoms with Crippen LogP contribution in [0.5, 0.6) is 0 Å². The summed E-state index contributed by atoms with van der Waals surface area (Å²) >= 11 is 0. The van der Waals surface area contributed by atoms with E-state index in [9.17, 15) is 0 Å². The van der Waals surface area contributed by atoms with Crippen LogP contribution in [0.2, 0.25) is 0 Å². The van der Waals surface area contributed by atoms with E-state index in [1.54, 1.807) is 0 Å². The van der Waals surface area contributed by atoms with Crippen molar-refractivity contribution in [2.24, 2.45) is 5.92 Å². The van der Waals surface area contributed by atoms with Crippen molar-refractivity contribution in [2.75, 3.05) is 5.73 Å². The van der Waals surface area contributed by atoms with E-state index < -0.39 is 0 Å². The predicted molar refractivity (Wildman–Crippen MR) is 79.6 cm³/mol. The van der Waals surface area contributed by atoms with E-state index in [2.05, 4.69) is 51.1 Å². The Morgan fingerprint density at radius 2 is 1.67 bits per heavy atom. The van der Waals surface area contributed by atoms with E-state index in [0.29, 0.717) is 5.92 Å². The number of nitrogen functional groups attached to an aromatic ring is 1. The van der Waals surface area contributed by atoms with Crippen molar-refractivity contribution >= 4 is 5.69 Å². The van der Waals surface area contributed by atoms with E-state index in [-0.39, 0.29) is 0 Å². The number of nitrogens with two attached hydrogens (primary N) is 1. The summed E-state index contributed by atoms with van der Waals surface area (Å²) in [5.41, 5.74) is 11.8. The maximum absolute atomic E-state index is 6.04. The molecule has 0 amide bonds. The van der Waals surface area contributed by atoms with Gasteiger partial charge in [-0.2, -0.15) is 0 Å². The van der Waals surface area contributed by atoms with Gasteiger partial charge in [0, 0.05) is 11.3 Å². The third kappa shape index (κ3) is 2.92. The monoisotopic (exact) mass is 239 g/mol. The molecule has 0 saturated heterocycles. The lowest BCUT2D eigenvalue weighted by atomic mass is 9.97. The van der Waals surface area contributed by atoms with Gasteiger partial charge in [-0.05, 0) is 42.5 Å². The number of anilines is 1. The zero-order valence-corrected chi connectivity index (χ0v) is 11.4. The summed E-state index contributed by atoms with van der Waals surface area (Å²) in [6.45, 7) is 6.58. The molecule has 94 valence electrons. The topological polar surface area (TPSA) is 26.0 Å². The first-order chi connectivity index (χ1) is 8.56. The Hall–Kier alpha value is -1.76. The Morgan fingerprint density at radius 1 is 1.00 bits per heavy atom. The first kappa shape index (κ1) is 12.7. The van der Waals surface area contributed by atoms with Crippen molar-refractivity contribution in [3.8, 4) is 11.1 Å². The van der Waals surface area contributed by atoms with E-state index in [0.717, 1.165) is 17.7 Å². The van der Waals surface area contributed by atoms with Crippen LogP contribution in [-0.4, -0.2) is 0 Å². The molecule has 0 radical (unpaired) electrons. The molecule has 2 aromatic rings. The molecule has 0 fully saturated rings. The van der Waals surface area contributed by atoms with E-state index in [4.69, 9.17) is 5.73 Å². The Labute approximate surface area is 110 Å². The quantitative estimate of drug-likeness (QED) is 0.787. The standard InChI is InChI=1S/C17H21N/c1-12(2)10-14-5-7-15(8-6-14)16-11-13(3)4-9-17(16)18/h4-9,11-12H,10,18H2,1-3H3. The summed E-state index contributed by atoms with van der Waals surface area (Å²) in [5.74, 6) is 0.694. The molecule has 0 spiro atoms. The molecule has 0 aliphatic rings. The summed E-state index contributed by atoms with van der Waals surface area (Å²) in [6, 6.07) is 14.9. The van der Waals surface area contributed by atoms with E-state index in [1.165, 1.54) is 16.7 Å². The number of rotatable bonds is 3. The lowest BCUT2D eigenvalue weighted by Crippen LogP contribution is -1.94. The molecule has 18 heavy (non-hydrogen) atoms. The maximum atomic E-state index is 6.04. The minimum absolute atomic E-state index is 0.694. The second-order valence-corrected chi connectivity index (χ2v) is 5.39. The van der Waals surface area contributed by atoms with Crippen molar-refractivity contribution < 1.29 is 0 Å². The molecule has 2 N–H and O–H groups in total. The average Bonchev–Trinajstić information content (AvgIpc) is 2.33. The molecule has 1 heteroatoms. The Bertz CT molecular complexity index is 524. The molecule has 0 unspecified atom stereocenters. The largest absolute Gasteiger partial charge is 0.398 e. The molecule has 0 aliphatic heterocycles. The summed E-state index contributed by atoms with van der Waals surface area (Å²) in [4.78, 5) is 0. The summed E-state index contributed by atoms with van der Waals surface area (Å²) in [6.07, 6.45) is 1.13. The highest BCUT2D eigenvalue weighted by atomic mass is 14.6. The second kappa shape index (κ2) is 5.26. The van der Waals surface area contributed by atoms with Crippen LogP contribution in [0.1, 0.15) is 25.0 Å². The van der Waals surface area contributed by atoms with Crippen LogP contribution in [0.4, 0.5) is 5.69 Å². The Balaban J connectivity index is 2.31. The van der Waals surface area contributed by atoms with E-state index >= 15 is 0 Å². The van der Waals surface area contributed by atoms with Gasteiger partial charge in [-0.25, -0.2) is 0 Å². The highest BCUT2D eigenvalue weighted by molar-refractivity contribution is 5.76. The normalized spacial score (nSPS) is 10.9. The minimum atomic E-state index is 0.694. The molecule has 0 aromatic heterocycles. The van der Waals surface area contributed by atoms with Gasteiger partial charge in [0.2, 0.25) is 0 Å². The van der Waals surface area contributed by atoms with Crippen molar-refractivity contribution in [1.29, 1.82) is 0 Å². The number of benzene rings is 2. The fraction of sp³-hybridized carbons (Fsp3) is 0.294. The lowest BCUT2D eigenvalue weighted by Gasteiger charge is -2.09. The molecule has 0 saturated carbocycles. The molecule has 2 aromatic carbocycles. The van der Waals surface area contributed by atoms with Crippen LogP contribution in [0.15, 0.2) is 42.5 Å². The smallest absolute Gasteiger partial charge is 0.0393 e. The van der Waals surface area contributed by atoms with Gasteiger partial charge in [-0.15, -0.1) is 0 Å². The second-order valence-electron chi connectivity index (χ2n) is 5.39. The maximum Gasteiger partial charge on any atom is 0.0393 e. The van der Waals surface area contributed by atoms with Gasteiger partial charge in [0.05, 0.1) is 0 Å². The first-order valence-corrected chi connectivity index (χ1v) is 6.51. The zero-order chi connectivity index (χ0) is 13.1. The molecule has 2 rings (SSSR count). The van der Waals surface area contributed by atoms with Gasteiger partial charge in [0.1, 0.15) is 0 Å². The third-order valence-corrected chi connectivity index (χ3v) is 3.12. The molecule has 0 aliphatic carbocycles. The van der Waals surface area contributed by atoms with Crippen LogP contribution < -0.4 is 5.73 Å². The van der Waals surface area contributed by atoms with Gasteiger partial charge in [-0.3, -0.25) is 0 Å². The molecule has 0 bridgehead atoms. The Morgan fingerprint density at radius 3 is 2.28 bits per heavy atom. The summed E-state index contributed by atoms with van der Waals surface area (Å²) in [7, 11) is 0. The van der Waals surface area contributed by atoms with Crippen molar-refractivity contribution in [3.05, 3.63) is 53.6 Å². The van der Waals surface area contributed by atoms with Gasteiger partial charge >= 0.3 is 0 Å². The predicted octanol–water partition coefficient (Wildman–Crippen LogP) is 4.44. The SMILES string of the molecule is Cc1ccc(N)c(-c2ccc(CC(C)C)cc2)c1. The van der Waals surface area contributed by atoms with Gasteiger partial charge < -0.3 is 5.73 Å². The van der Waals surface area contributed by atoms with Gasteiger partial charge in [0.15, 0.2) is 0 Å². The van der Waals surface area contributed by atoms with Crippen LogP contribution in [0.3, 0.4) is 0 Å².